The predicted octanol–water partition coefficient (Wildman–Crippen LogP) is 5.17. The molecule has 1 saturated heterocycles. The Balaban J connectivity index is 1.33. The quantitative estimate of drug-likeness (QED) is 0.453. The molecular weight excluding hydrogens is 424 g/mol. The van der Waals surface area contributed by atoms with E-state index in [2.05, 4.69) is 22.4 Å². The van der Waals surface area contributed by atoms with Gasteiger partial charge in [-0.25, -0.2) is 4.79 Å². The van der Waals surface area contributed by atoms with Crippen LogP contribution in [0.5, 0.6) is 0 Å². The molecule has 0 spiro atoms. The number of likely N-dealkylation sites (tertiary alicyclic amines) is 1. The monoisotopic (exact) mass is 452 g/mol. The van der Waals surface area contributed by atoms with Crippen molar-refractivity contribution >= 4 is 6.03 Å². The first-order valence-corrected chi connectivity index (χ1v) is 11.8. The molecular formula is C28H28N4O2. The van der Waals surface area contributed by atoms with Gasteiger partial charge in [-0.2, -0.15) is 4.68 Å². The number of rotatable bonds is 5. The summed E-state index contributed by atoms with van der Waals surface area (Å²) in [4.78, 5) is 15.3. The molecule has 1 amide bonds. The molecule has 0 saturated carbocycles. The maximum atomic E-state index is 13.3. The number of benzene rings is 3. The summed E-state index contributed by atoms with van der Waals surface area (Å²) in [5, 5.41) is 18.1. The molecule has 0 bridgehead atoms. The lowest BCUT2D eigenvalue weighted by molar-refractivity contribution is 0.149. The van der Waals surface area contributed by atoms with Crippen LogP contribution in [0.3, 0.4) is 0 Å². The normalized spacial score (nSPS) is 15.9. The molecule has 2 heterocycles. The van der Waals surface area contributed by atoms with E-state index in [1.54, 1.807) is 6.20 Å². The molecule has 1 unspecified atom stereocenters. The summed E-state index contributed by atoms with van der Waals surface area (Å²) in [6, 6.07) is 26.2. The van der Waals surface area contributed by atoms with Crippen LogP contribution in [-0.4, -0.2) is 43.6 Å². The zero-order valence-corrected chi connectivity index (χ0v) is 19.0. The lowest BCUT2D eigenvalue weighted by Gasteiger charge is -2.35. The number of aliphatic hydroxyl groups is 1. The van der Waals surface area contributed by atoms with Crippen LogP contribution >= 0.6 is 0 Å². The Morgan fingerprint density at radius 1 is 0.912 bits per heavy atom. The lowest BCUT2D eigenvalue weighted by atomic mass is 9.96. The van der Waals surface area contributed by atoms with Gasteiger partial charge in [-0.1, -0.05) is 84.1 Å². The van der Waals surface area contributed by atoms with E-state index in [0.717, 1.165) is 54.5 Å². The van der Waals surface area contributed by atoms with Crippen LogP contribution in [0.2, 0.25) is 0 Å². The second-order valence-corrected chi connectivity index (χ2v) is 8.76. The third-order valence-corrected chi connectivity index (χ3v) is 6.56. The van der Waals surface area contributed by atoms with Gasteiger partial charge < -0.3 is 10.0 Å². The fourth-order valence-electron chi connectivity index (χ4n) is 4.73. The molecule has 4 aromatic rings. The van der Waals surface area contributed by atoms with E-state index in [1.165, 1.54) is 10.2 Å². The summed E-state index contributed by atoms with van der Waals surface area (Å²) < 4.78 is 1.37. The van der Waals surface area contributed by atoms with Crippen molar-refractivity contribution in [3.05, 3.63) is 96.2 Å². The standard InChI is InChI=1S/C28H28N4O2/c33-20-24-10-4-5-12-26(24)22-13-15-23(16-14-22)27-19-32(30-29-27)28(34)31-17-7-6-11-25(31)18-21-8-2-1-3-9-21/h1-5,8-10,12-16,19,25,33H,6-7,11,17-18,20H2. The Morgan fingerprint density at radius 3 is 2.44 bits per heavy atom. The van der Waals surface area contributed by atoms with Crippen LogP contribution < -0.4 is 0 Å². The fraction of sp³-hybridized carbons (Fsp3) is 0.250. The highest BCUT2D eigenvalue weighted by Gasteiger charge is 2.28. The highest BCUT2D eigenvalue weighted by Crippen LogP contribution is 2.27. The number of carbonyl (C=O) groups is 1. The molecule has 0 radical (unpaired) electrons. The van der Waals surface area contributed by atoms with Crippen LogP contribution in [0.25, 0.3) is 22.4 Å². The van der Waals surface area contributed by atoms with Crippen molar-refractivity contribution in [3.8, 4) is 22.4 Å². The number of carbonyl (C=O) groups excluding carboxylic acids is 1. The molecule has 1 aliphatic heterocycles. The molecule has 1 N–H and O–H groups in total. The van der Waals surface area contributed by atoms with Gasteiger partial charge in [0, 0.05) is 18.2 Å². The van der Waals surface area contributed by atoms with Crippen molar-refractivity contribution < 1.29 is 9.90 Å². The van der Waals surface area contributed by atoms with Gasteiger partial charge in [-0.15, -0.1) is 5.10 Å². The van der Waals surface area contributed by atoms with Crippen molar-refractivity contribution in [3.63, 3.8) is 0 Å². The molecule has 34 heavy (non-hydrogen) atoms. The molecule has 6 heteroatoms. The van der Waals surface area contributed by atoms with Gasteiger partial charge in [-0.3, -0.25) is 0 Å². The van der Waals surface area contributed by atoms with Crippen LogP contribution in [0.4, 0.5) is 4.79 Å². The predicted molar refractivity (Wildman–Crippen MR) is 132 cm³/mol. The van der Waals surface area contributed by atoms with E-state index < -0.39 is 0 Å². The smallest absolute Gasteiger partial charge is 0.346 e. The average molecular weight is 453 g/mol. The molecule has 6 nitrogen and oxygen atoms in total. The van der Waals surface area contributed by atoms with Crippen molar-refractivity contribution in [2.24, 2.45) is 0 Å². The van der Waals surface area contributed by atoms with Gasteiger partial charge in [0.2, 0.25) is 0 Å². The van der Waals surface area contributed by atoms with Crippen LogP contribution in [0, 0.1) is 0 Å². The zero-order valence-electron chi connectivity index (χ0n) is 19.0. The number of aliphatic hydroxyl groups excluding tert-OH is 1. The second kappa shape index (κ2) is 10.0. The van der Waals surface area contributed by atoms with Gasteiger partial charge in [0.25, 0.3) is 0 Å². The Hall–Kier alpha value is -3.77. The molecule has 3 aromatic carbocycles. The van der Waals surface area contributed by atoms with Crippen LogP contribution in [0.1, 0.15) is 30.4 Å². The van der Waals surface area contributed by atoms with Crippen LogP contribution in [-0.2, 0) is 13.0 Å². The summed E-state index contributed by atoms with van der Waals surface area (Å²) >= 11 is 0. The maximum absolute atomic E-state index is 13.3. The average Bonchev–Trinajstić information content (AvgIpc) is 3.40. The summed E-state index contributed by atoms with van der Waals surface area (Å²) in [6.07, 6.45) is 5.71. The molecule has 1 aliphatic rings. The highest BCUT2D eigenvalue weighted by atomic mass is 16.3. The first kappa shape index (κ1) is 22.0. The Bertz CT molecular complexity index is 1250. The first-order valence-electron chi connectivity index (χ1n) is 11.8. The number of hydrogen-bond donors (Lipinski definition) is 1. The topological polar surface area (TPSA) is 71.2 Å². The molecule has 1 aromatic heterocycles. The number of piperidine rings is 1. The van der Waals surface area contributed by atoms with Gasteiger partial charge >= 0.3 is 6.03 Å². The Kier molecular flexibility index (Phi) is 6.49. The third-order valence-electron chi connectivity index (χ3n) is 6.56. The third kappa shape index (κ3) is 4.63. The van der Waals surface area contributed by atoms with Gasteiger partial charge in [0.15, 0.2) is 0 Å². The fourth-order valence-corrected chi connectivity index (χ4v) is 4.73. The second-order valence-electron chi connectivity index (χ2n) is 8.76. The number of hydrogen-bond acceptors (Lipinski definition) is 4. The SMILES string of the molecule is O=C(N1CCCCC1Cc1ccccc1)n1cc(-c2ccc(-c3ccccc3CO)cc2)nn1. The van der Waals surface area contributed by atoms with Crippen molar-refractivity contribution in [1.29, 1.82) is 0 Å². The minimum atomic E-state index is -0.118. The van der Waals surface area contributed by atoms with E-state index in [9.17, 15) is 9.90 Å². The number of amides is 1. The van der Waals surface area contributed by atoms with Crippen molar-refractivity contribution in [1.82, 2.24) is 19.9 Å². The highest BCUT2D eigenvalue weighted by molar-refractivity contribution is 5.78. The van der Waals surface area contributed by atoms with E-state index >= 15 is 0 Å². The zero-order chi connectivity index (χ0) is 23.3. The Morgan fingerprint density at radius 2 is 1.65 bits per heavy atom. The number of nitrogens with zero attached hydrogens (tertiary/aromatic N) is 4. The minimum Gasteiger partial charge on any atom is -0.392 e. The molecule has 172 valence electrons. The molecule has 5 rings (SSSR count). The maximum Gasteiger partial charge on any atom is 0.346 e. The van der Waals surface area contributed by atoms with Gasteiger partial charge in [0.05, 0.1) is 12.8 Å². The minimum absolute atomic E-state index is 0.00384. The van der Waals surface area contributed by atoms with Crippen molar-refractivity contribution in [2.75, 3.05) is 6.54 Å². The van der Waals surface area contributed by atoms with Crippen LogP contribution in [0.15, 0.2) is 85.1 Å². The molecule has 1 atom stereocenters. The lowest BCUT2D eigenvalue weighted by Crippen LogP contribution is -2.46. The summed E-state index contributed by atoms with van der Waals surface area (Å²) in [5.74, 6) is 0. The summed E-state index contributed by atoms with van der Waals surface area (Å²) in [6.45, 7) is 0.737. The molecule has 0 aliphatic carbocycles. The number of aromatic nitrogens is 3. The van der Waals surface area contributed by atoms with E-state index in [4.69, 9.17) is 0 Å². The largest absolute Gasteiger partial charge is 0.392 e. The van der Waals surface area contributed by atoms with E-state index in [-0.39, 0.29) is 18.7 Å². The Labute approximate surface area is 199 Å². The summed E-state index contributed by atoms with van der Waals surface area (Å²) in [7, 11) is 0. The van der Waals surface area contributed by atoms with Gasteiger partial charge in [-0.05, 0) is 47.9 Å². The first-order chi connectivity index (χ1) is 16.7. The summed E-state index contributed by atoms with van der Waals surface area (Å²) in [5.41, 5.74) is 5.71. The van der Waals surface area contributed by atoms with Gasteiger partial charge in [0.1, 0.15) is 5.69 Å². The van der Waals surface area contributed by atoms with E-state index in [0.29, 0.717) is 5.69 Å². The van der Waals surface area contributed by atoms with E-state index in [1.807, 2.05) is 71.6 Å². The molecule has 1 fully saturated rings. The van der Waals surface area contributed by atoms with Crippen molar-refractivity contribution in [2.45, 2.75) is 38.3 Å².